The van der Waals surface area contributed by atoms with Crippen LogP contribution in [0.2, 0.25) is 0 Å². The molecular weight excluding hydrogens is 160 g/mol. The third-order valence-electron chi connectivity index (χ3n) is 3.49. The fraction of sp³-hybridized carbons (Fsp3) is 1.00. The maximum Gasteiger partial charge on any atom is 0.0218 e. The van der Waals surface area contributed by atoms with Crippen molar-refractivity contribution < 1.29 is 0 Å². The number of likely N-dealkylation sites (tertiary alicyclic amines) is 1. The molecule has 1 aliphatic rings. The number of hydrogen-bond donors (Lipinski definition) is 1. The molecule has 2 N–H and O–H groups in total. The summed E-state index contributed by atoms with van der Waals surface area (Å²) < 4.78 is 0. The van der Waals surface area contributed by atoms with Crippen molar-refractivity contribution in [2.45, 2.75) is 52.1 Å². The van der Waals surface area contributed by atoms with E-state index < -0.39 is 0 Å². The Kier molecular flexibility index (Phi) is 4.20. The first kappa shape index (κ1) is 11.0. The predicted molar refractivity (Wildman–Crippen MR) is 57.7 cm³/mol. The molecule has 1 aliphatic heterocycles. The monoisotopic (exact) mass is 184 g/mol. The van der Waals surface area contributed by atoms with Gasteiger partial charge in [-0.15, -0.1) is 0 Å². The molecule has 78 valence electrons. The largest absolute Gasteiger partial charge is 0.326 e. The van der Waals surface area contributed by atoms with Gasteiger partial charge in [0.2, 0.25) is 0 Å². The third kappa shape index (κ3) is 2.96. The van der Waals surface area contributed by atoms with Gasteiger partial charge in [-0.05, 0) is 45.2 Å². The summed E-state index contributed by atoms with van der Waals surface area (Å²) in [6, 6.07) is 0.922. The molecule has 13 heavy (non-hydrogen) atoms. The van der Waals surface area contributed by atoms with Crippen molar-refractivity contribution in [3.05, 3.63) is 0 Å². The van der Waals surface area contributed by atoms with Crippen LogP contribution in [-0.2, 0) is 0 Å². The van der Waals surface area contributed by atoms with Gasteiger partial charge in [-0.1, -0.05) is 13.8 Å². The smallest absolute Gasteiger partial charge is 0.0218 e. The summed E-state index contributed by atoms with van der Waals surface area (Å²) in [7, 11) is 0. The minimum Gasteiger partial charge on any atom is -0.326 e. The molecule has 0 saturated carbocycles. The zero-order chi connectivity index (χ0) is 9.84. The summed E-state index contributed by atoms with van der Waals surface area (Å²) in [5.41, 5.74) is 6.04. The average Bonchev–Trinajstić information content (AvgIpc) is 2.17. The molecule has 0 aromatic rings. The van der Waals surface area contributed by atoms with Crippen LogP contribution in [0.1, 0.15) is 40.0 Å². The highest BCUT2D eigenvalue weighted by molar-refractivity contribution is 4.80. The second-order valence-corrected chi connectivity index (χ2v) is 4.53. The van der Waals surface area contributed by atoms with E-state index in [1.807, 2.05) is 0 Å². The molecule has 0 aliphatic carbocycles. The van der Waals surface area contributed by atoms with Crippen LogP contribution >= 0.6 is 0 Å². The van der Waals surface area contributed by atoms with Crippen molar-refractivity contribution in [2.75, 3.05) is 13.1 Å². The van der Waals surface area contributed by atoms with Gasteiger partial charge in [-0.25, -0.2) is 0 Å². The van der Waals surface area contributed by atoms with E-state index >= 15 is 0 Å². The highest BCUT2D eigenvalue weighted by atomic mass is 15.2. The number of hydrogen-bond acceptors (Lipinski definition) is 2. The molecule has 0 radical (unpaired) electrons. The Balaban J connectivity index is 2.35. The van der Waals surface area contributed by atoms with Crippen molar-refractivity contribution in [1.82, 2.24) is 4.90 Å². The van der Waals surface area contributed by atoms with Crippen molar-refractivity contribution in [1.29, 1.82) is 0 Å². The fourth-order valence-corrected chi connectivity index (χ4v) is 2.05. The van der Waals surface area contributed by atoms with E-state index in [0.29, 0.717) is 12.1 Å². The average molecular weight is 184 g/mol. The normalized spacial score (nSPS) is 25.8. The lowest BCUT2D eigenvalue weighted by Crippen LogP contribution is -2.48. The van der Waals surface area contributed by atoms with E-state index in [1.54, 1.807) is 0 Å². The van der Waals surface area contributed by atoms with Crippen LogP contribution in [0.3, 0.4) is 0 Å². The summed E-state index contributed by atoms with van der Waals surface area (Å²) in [6.45, 7) is 9.28. The highest BCUT2D eigenvalue weighted by Gasteiger charge is 2.23. The lowest BCUT2D eigenvalue weighted by Gasteiger charge is -2.37. The maximum atomic E-state index is 6.04. The molecule has 2 unspecified atom stereocenters. The molecule has 0 spiro atoms. The quantitative estimate of drug-likeness (QED) is 0.725. The Bertz CT molecular complexity index is 139. The van der Waals surface area contributed by atoms with Crippen LogP contribution in [-0.4, -0.2) is 30.1 Å². The van der Waals surface area contributed by atoms with Crippen molar-refractivity contribution in [3.8, 4) is 0 Å². The lowest BCUT2D eigenvalue weighted by atomic mass is 9.96. The fourth-order valence-electron chi connectivity index (χ4n) is 2.05. The molecule has 2 nitrogen and oxygen atoms in total. The molecule has 2 heteroatoms. The van der Waals surface area contributed by atoms with Crippen LogP contribution in [0.5, 0.6) is 0 Å². The van der Waals surface area contributed by atoms with E-state index in [0.717, 1.165) is 12.3 Å². The van der Waals surface area contributed by atoms with E-state index in [-0.39, 0.29) is 0 Å². The first-order chi connectivity index (χ1) is 6.15. The lowest BCUT2D eigenvalue weighted by molar-refractivity contribution is 0.129. The van der Waals surface area contributed by atoms with Gasteiger partial charge in [0.1, 0.15) is 0 Å². The molecule has 1 fully saturated rings. The summed E-state index contributed by atoms with van der Waals surface area (Å²) >= 11 is 0. The first-order valence-electron chi connectivity index (χ1n) is 5.64. The van der Waals surface area contributed by atoms with Crippen molar-refractivity contribution in [2.24, 2.45) is 11.7 Å². The number of piperidine rings is 1. The summed E-state index contributed by atoms with van der Waals surface area (Å²) in [5, 5.41) is 0. The van der Waals surface area contributed by atoms with E-state index in [1.165, 1.54) is 25.9 Å². The minimum absolute atomic E-state index is 0.355. The van der Waals surface area contributed by atoms with Crippen molar-refractivity contribution >= 4 is 0 Å². The standard InChI is InChI=1S/C11H24N2/c1-4-11(12)10(3)13-7-5-9(2)6-8-13/h9-11H,4-8,12H2,1-3H3. The SMILES string of the molecule is CCC(N)C(C)N1CCC(C)CC1. The summed E-state index contributed by atoms with van der Waals surface area (Å²) in [6.07, 6.45) is 3.79. The van der Waals surface area contributed by atoms with Crippen LogP contribution < -0.4 is 5.73 Å². The Morgan fingerprint density at radius 1 is 1.38 bits per heavy atom. The Morgan fingerprint density at radius 2 is 1.92 bits per heavy atom. The maximum absolute atomic E-state index is 6.04. The van der Waals surface area contributed by atoms with Gasteiger partial charge in [0, 0.05) is 12.1 Å². The van der Waals surface area contributed by atoms with Gasteiger partial charge in [0.05, 0.1) is 0 Å². The van der Waals surface area contributed by atoms with Gasteiger partial charge >= 0.3 is 0 Å². The second kappa shape index (κ2) is 4.97. The third-order valence-corrected chi connectivity index (χ3v) is 3.49. The molecule has 0 aromatic carbocycles. The summed E-state index contributed by atoms with van der Waals surface area (Å²) in [5.74, 6) is 0.918. The molecule has 2 atom stereocenters. The number of rotatable bonds is 3. The number of nitrogens with two attached hydrogens (primary N) is 1. The first-order valence-corrected chi connectivity index (χ1v) is 5.64. The van der Waals surface area contributed by atoms with Gasteiger partial charge in [-0.3, -0.25) is 4.90 Å². The Morgan fingerprint density at radius 3 is 2.38 bits per heavy atom. The van der Waals surface area contributed by atoms with Gasteiger partial charge in [0.15, 0.2) is 0 Å². The van der Waals surface area contributed by atoms with Gasteiger partial charge < -0.3 is 5.73 Å². The second-order valence-electron chi connectivity index (χ2n) is 4.53. The molecule has 1 rings (SSSR count). The highest BCUT2D eigenvalue weighted by Crippen LogP contribution is 2.19. The van der Waals surface area contributed by atoms with Crippen LogP contribution in [0.15, 0.2) is 0 Å². The molecule has 0 bridgehead atoms. The van der Waals surface area contributed by atoms with Crippen LogP contribution in [0.4, 0.5) is 0 Å². The number of nitrogens with zero attached hydrogens (tertiary/aromatic N) is 1. The topological polar surface area (TPSA) is 29.3 Å². The van der Waals surface area contributed by atoms with E-state index in [2.05, 4.69) is 25.7 Å². The molecule has 1 heterocycles. The van der Waals surface area contributed by atoms with E-state index in [4.69, 9.17) is 5.73 Å². The van der Waals surface area contributed by atoms with Crippen LogP contribution in [0.25, 0.3) is 0 Å². The zero-order valence-electron chi connectivity index (χ0n) is 9.29. The molecule has 0 amide bonds. The van der Waals surface area contributed by atoms with Crippen molar-refractivity contribution in [3.63, 3.8) is 0 Å². The zero-order valence-corrected chi connectivity index (χ0v) is 9.29. The molecule has 1 saturated heterocycles. The Hall–Kier alpha value is -0.0800. The summed E-state index contributed by atoms with van der Waals surface area (Å²) in [4.78, 5) is 2.55. The Labute approximate surface area is 82.5 Å². The molecule has 0 aromatic heterocycles. The predicted octanol–water partition coefficient (Wildman–Crippen LogP) is 1.84. The minimum atomic E-state index is 0.355. The van der Waals surface area contributed by atoms with Gasteiger partial charge in [-0.2, -0.15) is 0 Å². The van der Waals surface area contributed by atoms with Crippen LogP contribution in [0, 0.1) is 5.92 Å². The van der Waals surface area contributed by atoms with Gasteiger partial charge in [0.25, 0.3) is 0 Å². The molecular formula is C11H24N2. The van der Waals surface area contributed by atoms with E-state index in [9.17, 15) is 0 Å².